The topological polar surface area (TPSA) is 49.3 Å². The molecule has 2 rings (SSSR count). The van der Waals surface area contributed by atoms with Crippen LogP contribution in [0.3, 0.4) is 0 Å². The molecule has 0 heterocycles. The molecule has 2 saturated carbocycles. The zero-order valence-corrected chi connectivity index (χ0v) is 13.0. The van der Waals surface area contributed by atoms with E-state index in [4.69, 9.17) is 0 Å². The normalized spacial score (nSPS) is 37.6. The fraction of sp³-hybridized carbons (Fsp3) is 0.938. The van der Waals surface area contributed by atoms with Crippen molar-refractivity contribution in [3.8, 4) is 0 Å². The Labute approximate surface area is 117 Å². The van der Waals surface area contributed by atoms with Crippen LogP contribution >= 0.6 is 0 Å². The van der Waals surface area contributed by atoms with E-state index in [1.54, 1.807) is 0 Å². The van der Waals surface area contributed by atoms with Gasteiger partial charge in [-0.25, -0.2) is 0 Å². The molecule has 3 heteroatoms. The van der Waals surface area contributed by atoms with Gasteiger partial charge in [-0.15, -0.1) is 0 Å². The largest absolute Gasteiger partial charge is 0.481 e. The van der Waals surface area contributed by atoms with Crippen molar-refractivity contribution in [3.63, 3.8) is 0 Å². The van der Waals surface area contributed by atoms with Gasteiger partial charge in [0.2, 0.25) is 0 Å². The van der Waals surface area contributed by atoms with Gasteiger partial charge >= 0.3 is 5.97 Å². The zero-order valence-electron chi connectivity index (χ0n) is 13.0. The van der Waals surface area contributed by atoms with Crippen molar-refractivity contribution in [2.75, 3.05) is 0 Å². The van der Waals surface area contributed by atoms with E-state index in [0.29, 0.717) is 23.4 Å². The summed E-state index contributed by atoms with van der Waals surface area (Å²) in [5, 5.41) is 13.2. The van der Waals surface area contributed by atoms with E-state index >= 15 is 0 Å². The van der Waals surface area contributed by atoms with Gasteiger partial charge in [-0.1, -0.05) is 27.7 Å². The van der Waals surface area contributed by atoms with Crippen molar-refractivity contribution in [3.05, 3.63) is 0 Å². The van der Waals surface area contributed by atoms with E-state index in [9.17, 15) is 9.90 Å². The van der Waals surface area contributed by atoms with E-state index in [1.165, 1.54) is 12.8 Å². The van der Waals surface area contributed by atoms with Crippen LogP contribution in [0.5, 0.6) is 0 Å². The molecule has 0 spiro atoms. The Bertz CT molecular complexity index is 360. The first kappa shape index (κ1) is 14.8. The molecule has 4 unspecified atom stereocenters. The summed E-state index contributed by atoms with van der Waals surface area (Å²) in [5.41, 5.74) is 0.347. The van der Waals surface area contributed by atoms with Crippen LogP contribution in [0.1, 0.15) is 60.3 Å². The molecule has 2 fully saturated rings. The number of rotatable bonds is 4. The number of hydrogen-bond donors (Lipinski definition) is 2. The summed E-state index contributed by atoms with van der Waals surface area (Å²) < 4.78 is 0. The summed E-state index contributed by atoms with van der Waals surface area (Å²) in [6, 6.07) is 0.996. The van der Waals surface area contributed by atoms with Gasteiger partial charge in [-0.05, 0) is 49.4 Å². The van der Waals surface area contributed by atoms with Crippen LogP contribution in [0, 0.1) is 22.7 Å². The molecular weight excluding hydrogens is 238 g/mol. The highest BCUT2D eigenvalue weighted by Gasteiger charge is 2.48. The molecule has 0 saturated heterocycles. The first-order valence-corrected chi connectivity index (χ1v) is 7.67. The molecule has 3 nitrogen and oxygen atoms in total. The van der Waals surface area contributed by atoms with E-state index in [2.05, 4.69) is 39.9 Å². The molecule has 0 aromatic carbocycles. The highest BCUT2D eigenvalue weighted by Crippen LogP contribution is 2.50. The second-order valence-electron chi connectivity index (χ2n) is 7.73. The van der Waals surface area contributed by atoms with E-state index in [1.807, 2.05) is 0 Å². The highest BCUT2D eigenvalue weighted by atomic mass is 16.4. The van der Waals surface area contributed by atoms with Crippen LogP contribution in [-0.4, -0.2) is 23.2 Å². The summed E-state index contributed by atoms with van der Waals surface area (Å²) in [5.74, 6) is -0.433. The van der Waals surface area contributed by atoms with Gasteiger partial charge in [-0.3, -0.25) is 4.79 Å². The van der Waals surface area contributed by atoms with Crippen LogP contribution in [0.2, 0.25) is 0 Å². The van der Waals surface area contributed by atoms with Gasteiger partial charge in [0.05, 0.1) is 5.92 Å². The van der Waals surface area contributed by atoms with Gasteiger partial charge in [-0.2, -0.15) is 0 Å². The molecule has 2 aliphatic carbocycles. The molecule has 0 radical (unpaired) electrons. The van der Waals surface area contributed by atoms with Crippen molar-refractivity contribution in [1.29, 1.82) is 0 Å². The van der Waals surface area contributed by atoms with Gasteiger partial charge in [0.15, 0.2) is 0 Å². The maximum atomic E-state index is 11.4. The number of hydrogen-bond acceptors (Lipinski definition) is 2. The van der Waals surface area contributed by atoms with E-state index in [0.717, 1.165) is 12.8 Å². The third kappa shape index (κ3) is 2.67. The van der Waals surface area contributed by atoms with Crippen molar-refractivity contribution in [2.24, 2.45) is 22.7 Å². The van der Waals surface area contributed by atoms with Crippen molar-refractivity contribution < 1.29 is 9.90 Å². The molecule has 0 amide bonds. The van der Waals surface area contributed by atoms with Crippen LogP contribution in [0.25, 0.3) is 0 Å². The lowest BCUT2D eigenvalue weighted by molar-refractivity contribution is -0.150. The molecular formula is C16H29NO2. The average molecular weight is 267 g/mol. The molecule has 110 valence electrons. The summed E-state index contributed by atoms with van der Waals surface area (Å²) in [7, 11) is 0. The predicted molar refractivity (Wildman–Crippen MR) is 77.0 cm³/mol. The van der Waals surface area contributed by atoms with Gasteiger partial charge < -0.3 is 10.4 Å². The third-order valence-electron chi connectivity index (χ3n) is 6.29. The maximum Gasteiger partial charge on any atom is 0.307 e. The average Bonchev–Trinajstić information content (AvgIpc) is 3.04. The fourth-order valence-corrected chi connectivity index (χ4v) is 3.63. The van der Waals surface area contributed by atoms with Crippen molar-refractivity contribution >= 4 is 5.97 Å². The SMILES string of the molecule is CC(NC1CCC(C(=O)O)C(C)(C)C1C)C1(C)CC1. The summed E-state index contributed by atoms with van der Waals surface area (Å²) in [4.78, 5) is 11.4. The summed E-state index contributed by atoms with van der Waals surface area (Å²) in [6.45, 7) is 11.1. The van der Waals surface area contributed by atoms with Crippen molar-refractivity contribution in [1.82, 2.24) is 5.32 Å². The van der Waals surface area contributed by atoms with E-state index in [-0.39, 0.29) is 11.3 Å². The minimum absolute atomic E-state index is 0.133. The standard InChI is InChI=1S/C16H29NO2/c1-10-13(17-11(2)16(5)8-9-16)7-6-12(14(18)19)15(10,3)4/h10-13,17H,6-9H2,1-5H3,(H,18,19). The minimum Gasteiger partial charge on any atom is -0.481 e. The molecule has 19 heavy (non-hydrogen) atoms. The molecule has 0 aromatic rings. The molecule has 2 N–H and O–H groups in total. The van der Waals surface area contributed by atoms with Crippen molar-refractivity contribution in [2.45, 2.75) is 72.4 Å². The fourth-order valence-electron chi connectivity index (χ4n) is 3.63. The third-order valence-corrected chi connectivity index (χ3v) is 6.29. The Morgan fingerprint density at radius 1 is 1.26 bits per heavy atom. The number of aliphatic carboxylic acids is 1. The smallest absolute Gasteiger partial charge is 0.307 e. The number of carbonyl (C=O) groups is 1. The van der Waals surface area contributed by atoms with Gasteiger partial charge in [0.25, 0.3) is 0 Å². The highest BCUT2D eigenvalue weighted by molar-refractivity contribution is 5.71. The predicted octanol–water partition coefficient (Wildman–Crippen LogP) is 3.29. The molecule has 0 aliphatic heterocycles. The second kappa shape index (κ2) is 4.76. The summed E-state index contributed by atoms with van der Waals surface area (Å²) >= 11 is 0. The molecule has 0 aromatic heterocycles. The molecule has 4 atom stereocenters. The monoisotopic (exact) mass is 267 g/mol. The van der Waals surface area contributed by atoms with Crippen LogP contribution in [-0.2, 0) is 4.79 Å². The second-order valence-corrected chi connectivity index (χ2v) is 7.73. The zero-order chi connectivity index (χ0) is 14.4. The Hall–Kier alpha value is -0.570. The first-order valence-electron chi connectivity index (χ1n) is 7.67. The number of carboxylic acid groups (broad SMARTS) is 1. The molecule has 2 aliphatic rings. The summed E-state index contributed by atoms with van der Waals surface area (Å²) in [6.07, 6.45) is 4.43. The quantitative estimate of drug-likeness (QED) is 0.821. The molecule has 0 bridgehead atoms. The number of carboxylic acids is 1. The Balaban J connectivity index is 2.03. The first-order chi connectivity index (χ1) is 8.68. The number of nitrogens with one attached hydrogen (secondary N) is 1. The van der Waals surface area contributed by atoms with E-state index < -0.39 is 5.97 Å². The Morgan fingerprint density at radius 3 is 2.32 bits per heavy atom. The lowest BCUT2D eigenvalue weighted by Gasteiger charge is -2.47. The lowest BCUT2D eigenvalue weighted by Crippen LogP contribution is -2.54. The van der Waals surface area contributed by atoms with Crippen LogP contribution < -0.4 is 5.32 Å². The maximum absolute atomic E-state index is 11.4. The van der Waals surface area contributed by atoms with Gasteiger partial charge in [0, 0.05) is 12.1 Å². The Kier molecular flexibility index (Phi) is 3.72. The van der Waals surface area contributed by atoms with Gasteiger partial charge in [0.1, 0.15) is 0 Å². The minimum atomic E-state index is -0.627. The lowest BCUT2D eigenvalue weighted by atomic mass is 9.61. The van der Waals surface area contributed by atoms with Crippen LogP contribution in [0.15, 0.2) is 0 Å². The Morgan fingerprint density at radius 2 is 1.84 bits per heavy atom. The van der Waals surface area contributed by atoms with Crippen LogP contribution in [0.4, 0.5) is 0 Å².